The van der Waals surface area contributed by atoms with Crippen LogP contribution in [-0.4, -0.2) is 13.2 Å². The van der Waals surface area contributed by atoms with E-state index in [-0.39, 0.29) is 0 Å². The summed E-state index contributed by atoms with van der Waals surface area (Å²) in [6.45, 7) is 4.70. The van der Waals surface area contributed by atoms with Gasteiger partial charge in [-0.3, -0.25) is 9.05 Å². The first-order chi connectivity index (χ1) is 10.1. The molecule has 116 valence electrons. The smallest absolute Gasteiger partial charge is 0.404 e. The third-order valence-electron chi connectivity index (χ3n) is 2.70. The van der Waals surface area contributed by atoms with Gasteiger partial charge in [0.25, 0.3) is 0 Å². The van der Waals surface area contributed by atoms with Crippen LogP contribution in [0.2, 0.25) is 0 Å². The number of rotatable bonds is 10. The van der Waals surface area contributed by atoms with Crippen molar-refractivity contribution in [3.8, 4) is 11.8 Å². The number of nitrogens with zero attached hydrogens (tertiary/aromatic N) is 1. The third kappa shape index (κ3) is 6.77. The minimum atomic E-state index is -3.61. The van der Waals surface area contributed by atoms with Crippen molar-refractivity contribution >= 4 is 7.82 Å². The molecule has 0 heterocycles. The number of phosphoric ester groups is 1. The van der Waals surface area contributed by atoms with Crippen molar-refractivity contribution in [2.24, 2.45) is 0 Å². The molecule has 1 aromatic rings. The van der Waals surface area contributed by atoms with Gasteiger partial charge in [-0.2, -0.15) is 5.26 Å². The first-order valence-electron chi connectivity index (χ1n) is 7.22. The number of benzene rings is 1. The van der Waals surface area contributed by atoms with Crippen molar-refractivity contribution in [2.45, 2.75) is 39.5 Å². The van der Waals surface area contributed by atoms with Crippen molar-refractivity contribution in [1.29, 1.82) is 5.26 Å². The van der Waals surface area contributed by atoms with Crippen LogP contribution >= 0.6 is 7.82 Å². The standard InChI is InChI=1S/C15H22NO4P/c1-3-5-11-18-21(17,19-12-6-4-2)20-15-9-7-14(13-16)8-10-15/h7-10H,3-6,11-12H2,1-2H3. The molecule has 0 aromatic heterocycles. The molecule has 0 fully saturated rings. The van der Waals surface area contributed by atoms with Gasteiger partial charge in [0.05, 0.1) is 24.8 Å². The molecule has 0 spiro atoms. The van der Waals surface area contributed by atoms with Crippen LogP contribution in [0.4, 0.5) is 0 Å². The van der Waals surface area contributed by atoms with E-state index in [0.717, 1.165) is 25.7 Å². The van der Waals surface area contributed by atoms with Crippen LogP contribution in [0, 0.1) is 11.3 Å². The zero-order valence-corrected chi connectivity index (χ0v) is 13.5. The molecule has 21 heavy (non-hydrogen) atoms. The largest absolute Gasteiger partial charge is 0.530 e. The van der Waals surface area contributed by atoms with E-state index >= 15 is 0 Å². The van der Waals surface area contributed by atoms with Crippen molar-refractivity contribution in [3.05, 3.63) is 29.8 Å². The quantitative estimate of drug-likeness (QED) is 0.463. The molecule has 0 bridgehead atoms. The van der Waals surface area contributed by atoms with Crippen LogP contribution < -0.4 is 4.52 Å². The van der Waals surface area contributed by atoms with Crippen molar-refractivity contribution in [2.75, 3.05) is 13.2 Å². The average molecular weight is 311 g/mol. The summed E-state index contributed by atoms with van der Waals surface area (Å²) in [5, 5.41) is 8.75. The van der Waals surface area contributed by atoms with E-state index in [0.29, 0.717) is 24.5 Å². The molecule has 6 heteroatoms. The molecule has 0 aliphatic heterocycles. The van der Waals surface area contributed by atoms with E-state index in [1.165, 1.54) is 0 Å². The molecule has 0 aliphatic carbocycles. The molecule has 5 nitrogen and oxygen atoms in total. The lowest BCUT2D eigenvalue weighted by Gasteiger charge is -2.18. The molecule has 0 unspecified atom stereocenters. The molecule has 0 saturated heterocycles. The van der Waals surface area contributed by atoms with Gasteiger partial charge >= 0.3 is 7.82 Å². The van der Waals surface area contributed by atoms with Crippen LogP contribution in [0.25, 0.3) is 0 Å². The monoisotopic (exact) mass is 311 g/mol. The lowest BCUT2D eigenvalue weighted by atomic mass is 10.2. The highest BCUT2D eigenvalue weighted by atomic mass is 31.2. The van der Waals surface area contributed by atoms with Crippen LogP contribution in [0.1, 0.15) is 45.1 Å². The van der Waals surface area contributed by atoms with Crippen molar-refractivity contribution < 1.29 is 18.1 Å². The lowest BCUT2D eigenvalue weighted by molar-refractivity contribution is 0.152. The molecule has 0 amide bonds. The van der Waals surface area contributed by atoms with E-state index in [4.69, 9.17) is 18.8 Å². The highest BCUT2D eigenvalue weighted by Crippen LogP contribution is 2.49. The van der Waals surface area contributed by atoms with Crippen molar-refractivity contribution in [1.82, 2.24) is 0 Å². The van der Waals surface area contributed by atoms with Gasteiger partial charge < -0.3 is 4.52 Å². The zero-order valence-electron chi connectivity index (χ0n) is 12.6. The molecular formula is C15H22NO4P. The Bertz CT molecular complexity index is 481. The van der Waals surface area contributed by atoms with E-state index in [1.54, 1.807) is 24.3 Å². The summed E-state index contributed by atoms with van der Waals surface area (Å²) in [6, 6.07) is 8.37. The van der Waals surface area contributed by atoms with E-state index < -0.39 is 7.82 Å². The molecule has 1 rings (SSSR count). The number of hydrogen-bond acceptors (Lipinski definition) is 5. The molecule has 1 aromatic carbocycles. The van der Waals surface area contributed by atoms with E-state index in [9.17, 15) is 4.57 Å². The highest BCUT2D eigenvalue weighted by Gasteiger charge is 2.28. The number of phosphoric acid groups is 1. The number of unbranched alkanes of at least 4 members (excludes halogenated alkanes) is 2. The van der Waals surface area contributed by atoms with Crippen LogP contribution in [0.15, 0.2) is 24.3 Å². The summed E-state index contributed by atoms with van der Waals surface area (Å²) in [7, 11) is -3.61. The first-order valence-corrected chi connectivity index (χ1v) is 8.68. The Balaban J connectivity index is 2.69. The second kappa shape index (κ2) is 9.57. The predicted octanol–water partition coefficient (Wildman–Crippen LogP) is 4.68. The highest BCUT2D eigenvalue weighted by molar-refractivity contribution is 7.48. The topological polar surface area (TPSA) is 68.6 Å². The Morgan fingerprint density at radius 1 is 1.05 bits per heavy atom. The molecular weight excluding hydrogens is 289 g/mol. The molecule has 0 radical (unpaired) electrons. The second-order valence-electron chi connectivity index (χ2n) is 4.55. The summed E-state index contributed by atoms with van der Waals surface area (Å²) in [4.78, 5) is 0. The molecule has 0 atom stereocenters. The summed E-state index contributed by atoms with van der Waals surface area (Å²) >= 11 is 0. The Kier molecular flexibility index (Phi) is 8.07. The summed E-state index contributed by atoms with van der Waals surface area (Å²) in [5.74, 6) is 0.366. The third-order valence-corrected chi connectivity index (χ3v) is 4.13. The maximum absolute atomic E-state index is 12.6. The van der Waals surface area contributed by atoms with Crippen LogP contribution in [0.3, 0.4) is 0 Å². The Hall–Kier alpha value is -1.34. The normalized spacial score (nSPS) is 11.1. The second-order valence-corrected chi connectivity index (χ2v) is 6.14. The fourth-order valence-corrected chi connectivity index (χ4v) is 2.72. The maximum Gasteiger partial charge on any atom is 0.530 e. The summed E-state index contributed by atoms with van der Waals surface area (Å²) in [5.41, 5.74) is 0.510. The predicted molar refractivity (Wildman–Crippen MR) is 81.1 cm³/mol. The fourth-order valence-electron chi connectivity index (χ4n) is 1.45. The zero-order chi connectivity index (χ0) is 15.6. The maximum atomic E-state index is 12.6. The van der Waals surface area contributed by atoms with Gasteiger partial charge in [-0.05, 0) is 37.1 Å². The van der Waals surface area contributed by atoms with E-state index in [1.807, 2.05) is 19.9 Å². The minimum absolute atomic E-state index is 0.330. The van der Waals surface area contributed by atoms with Gasteiger partial charge in [0.2, 0.25) is 0 Å². The van der Waals surface area contributed by atoms with E-state index in [2.05, 4.69) is 0 Å². The van der Waals surface area contributed by atoms with Gasteiger partial charge in [0.1, 0.15) is 5.75 Å². The lowest BCUT2D eigenvalue weighted by Crippen LogP contribution is -2.05. The average Bonchev–Trinajstić information content (AvgIpc) is 2.48. The molecule has 0 N–H and O–H groups in total. The summed E-state index contributed by atoms with van der Waals surface area (Å²) < 4.78 is 28.6. The van der Waals surface area contributed by atoms with Gasteiger partial charge in [-0.15, -0.1) is 0 Å². The Morgan fingerprint density at radius 2 is 1.57 bits per heavy atom. The SMILES string of the molecule is CCCCOP(=O)(OCCCC)Oc1ccc(C#N)cc1. The first kappa shape index (κ1) is 17.7. The van der Waals surface area contributed by atoms with Gasteiger partial charge in [-0.1, -0.05) is 26.7 Å². The van der Waals surface area contributed by atoms with Gasteiger partial charge in [0.15, 0.2) is 0 Å². The Morgan fingerprint density at radius 3 is 2.00 bits per heavy atom. The number of nitriles is 1. The Labute approximate surface area is 126 Å². The molecule has 0 saturated carbocycles. The number of hydrogen-bond donors (Lipinski definition) is 0. The molecule has 0 aliphatic rings. The van der Waals surface area contributed by atoms with Gasteiger partial charge in [0, 0.05) is 0 Å². The van der Waals surface area contributed by atoms with Gasteiger partial charge in [-0.25, -0.2) is 4.57 Å². The van der Waals surface area contributed by atoms with Crippen molar-refractivity contribution in [3.63, 3.8) is 0 Å². The minimum Gasteiger partial charge on any atom is -0.404 e. The summed E-state index contributed by atoms with van der Waals surface area (Å²) in [6.07, 6.45) is 3.45. The fraction of sp³-hybridized carbons (Fsp3) is 0.533. The van der Waals surface area contributed by atoms with Crippen LogP contribution in [-0.2, 0) is 13.6 Å². The van der Waals surface area contributed by atoms with Crippen LogP contribution in [0.5, 0.6) is 5.75 Å².